The monoisotopic (exact) mass is 440 g/mol. The Morgan fingerprint density at radius 3 is 2.50 bits per heavy atom. The normalized spacial score (nSPS) is 19.8. The van der Waals surface area contributed by atoms with Crippen LogP contribution in [0.3, 0.4) is 0 Å². The molecule has 2 fully saturated rings. The van der Waals surface area contributed by atoms with Crippen LogP contribution in [0.25, 0.3) is 0 Å². The minimum absolute atomic E-state index is 0.0527. The van der Waals surface area contributed by atoms with Crippen LogP contribution in [0, 0.1) is 11.7 Å². The van der Waals surface area contributed by atoms with E-state index in [0.29, 0.717) is 24.6 Å². The van der Waals surface area contributed by atoms with Crippen molar-refractivity contribution in [2.45, 2.75) is 38.3 Å². The van der Waals surface area contributed by atoms with E-state index in [1.165, 1.54) is 6.07 Å². The lowest BCUT2D eigenvalue weighted by Crippen LogP contribution is -2.43. The fourth-order valence-electron chi connectivity index (χ4n) is 4.70. The molecule has 2 aliphatic rings. The van der Waals surface area contributed by atoms with Crippen molar-refractivity contribution in [3.8, 4) is 5.75 Å². The van der Waals surface area contributed by atoms with Gasteiger partial charge in [0.25, 0.3) is 5.91 Å². The zero-order chi connectivity index (χ0) is 22.3. The SMILES string of the molecule is COc1ccc(C(=O)N(CC2CCN(Cc3ccccc3F)CC2)C[C@H]2CCCO2)cc1. The third kappa shape index (κ3) is 5.87. The van der Waals surface area contributed by atoms with E-state index in [2.05, 4.69) is 4.90 Å². The van der Waals surface area contributed by atoms with Crippen LogP contribution in [0.2, 0.25) is 0 Å². The molecule has 5 nitrogen and oxygen atoms in total. The minimum Gasteiger partial charge on any atom is -0.497 e. The highest BCUT2D eigenvalue weighted by Crippen LogP contribution is 2.24. The van der Waals surface area contributed by atoms with Gasteiger partial charge in [0.2, 0.25) is 0 Å². The molecule has 0 unspecified atom stereocenters. The Morgan fingerprint density at radius 1 is 1.09 bits per heavy atom. The Hall–Kier alpha value is -2.44. The van der Waals surface area contributed by atoms with Crippen LogP contribution in [0.4, 0.5) is 4.39 Å². The average Bonchev–Trinajstić information content (AvgIpc) is 3.34. The topological polar surface area (TPSA) is 42.0 Å². The van der Waals surface area contributed by atoms with Crippen molar-refractivity contribution in [3.63, 3.8) is 0 Å². The van der Waals surface area contributed by atoms with Crippen LogP contribution in [0.1, 0.15) is 41.6 Å². The van der Waals surface area contributed by atoms with Crippen LogP contribution in [-0.2, 0) is 11.3 Å². The summed E-state index contributed by atoms with van der Waals surface area (Å²) in [6.45, 7) is 4.64. The predicted molar refractivity (Wildman–Crippen MR) is 122 cm³/mol. The Balaban J connectivity index is 1.36. The van der Waals surface area contributed by atoms with Gasteiger partial charge in [0.15, 0.2) is 0 Å². The van der Waals surface area contributed by atoms with Gasteiger partial charge in [0.1, 0.15) is 11.6 Å². The first-order chi connectivity index (χ1) is 15.6. The molecular weight excluding hydrogens is 407 g/mol. The van der Waals surface area contributed by atoms with Gasteiger partial charge >= 0.3 is 0 Å². The van der Waals surface area contributed by atoms with Gasteiger partial charge in [-0.15, -0.1) is 0 Å². The summed E-state index contributed by atoms with van der Waals surface area (Å²) in [7, 11) is 1.62. The fourth-order valence-corrected chi connectivity index (χ4v) is 4.70. The van der Waals surface area contributed by atoms with Crippen LogP contribution in [0.5, 0.6) is 5.75 Å². The molecule has 0 radical (unpaired) electrons. The van der Waals surface area contributed by atoms with Gasteiger partial charge in [0.05, 0.1) is 13.2 Å². The van der Waals surface area contributed by atoms with E-state index in [4.69, 9.17) is 9.47 Å². The van der Waals surface area contributed by atoms with Gasteiger partial charge in [-0.25, -0.2) is 4.39 Å². The number of hydrogen-bond donors (Lipinski definition) is 0. The standard InChI is InChI=1S/C26H33FN2O3/c1-31-23-10-8-21(9-11-23)26(30)29(19-24-6-4-16-32-24)17-20-12-14-28(15-13-20)18-22-5-2-3-7-25(22)27/h2-3,5,7-11,20,24H,4,6,12-19H2,1H3/t24-/m1/s1. The lowest BCUT2D eigenvalue weighted by Gasteiger charge is -2.35. The van der Waals surface area contributed by atoms with Crippen molar-refractivity contribution >= 4 is 5.91 Å². The van der Waals surface area contributed by atoms with Gasteiger partial charge < -0.3 is 14.4 Å². The predicted octanol–water partition coefficient (Wildman–Crippen LogP) is 4.37. The molecule has 4 rings (SSSR count). The molecule has 0 aromatic heterocycles. The molecule has 0 bridgehead atoms. The molecule has 1 atom stereocenters. The van der Waals surface area contributed by atoms with Crippen LogP contribution >= 0.6 is 0 Å². The number of amides is 1. The van der Waals surface area contributed by atoms with E-state index in [-0.39, 0.29) is 17.8 Å². The molecule has 2 saturated heterocycles. The molecule has 6 heteroatoms. The number of benzene rings is 2. The summed E-state index contributed by atoms with van der Waals surface area (Å²) in [5.74, 6) is 1.10. The number of ether oxygens (including phenoxy) is 2. The van der Waals surface area contributed by atoms with Gasteiger partial charge in [-0.1, -0.05) is 18.2 Å². The summed E-state index contributed by atoms with van der Waals surface area (Å²) < 4.78 is 25.1. The number of nitrogens with zero attached hydrogens (tertiary/aromatic N) is 2. The Bertz CT molecular complexity index is 875. The molecule has 0 N–H and O–H groups in total. The highest BCUT2D eigenvalue weighted by atomic mass is 19.1. The lowest BCUT2D eigenvalue weighted by atomic mass is 9.95. The summed E-state index contributed by atoms with van der Waals surface area (Å²) in [6, 6.07) is 14.3. The maximum absolute atomic E-state index is 14.0. The van der Waals surface area contributed by atoms with E-state index < -0.39 is 0 Å². The Kier molecular flexibility index (Phi) is 7.76. The van der Waals surface area contributed by atoms with Crippen molar-refractivity contribution < 1.29 is 18.7 Å². The molecule has 2 aromatic rings. The van der Waals surface area contributed by atoms with Gasteiger partial charge in [-0.3, -0.25) is 9.69 Å². The maximum Gasteiger partial charge on any atom is 0.253 e. The highest BCUT2D eigenvalue weighted by Gasteiger charge is 2.28. The number of likely N-dealkylation sites (tertiary alicyclic amines) is 1. The Morgan fingerprint density at radius 2 is 1.84 bits per heavy atom. The van der Waals surface area contributed by atoms with E-state index in [9.17, 15) is 9.18 Å². The second-order valence-corrected chi connectivity index (χ2v) is 8.88. The lowest BCUT2D eigenvalue weighted by molar-refractivity contribution is 0.0444. The van der Waals surface area contributed by atoms with Crippen LogP contribution in [-0.4, -0.2) is 61.7 Å². The van der Waals surface area contributed by atoms with Crippen molar-refractivity contribution in [2.75, 3.05) is 39.9 Å². The number of halogens is 1. The number of piperidine rings is 1. The average molecular weight is 441 g/mol. The quantitative estimate of drug-likeness (QED) is 0.611. The molecule has 0 saturated carbocycles. The number of hydrogen-bond acceptors (Lipinski definition) is 4. The highest BCUT2D eigenvalue weighted by molar-refractivity contribution is 5.94. The van der Waals surface area contributed by atoms with Crippen molar-refractivity contribution in [1.29, 1.82) is 0 Å². The number of methoxy groups -OCH3 is 1. The van der Waals surface area contributed by atoms with E-state index in [1.54, 1.807) is 13.2 Å². The summed E-state index contributed by atoms with van der Waals surface area (Å²) in [4.78, 5) is 17.6. The Labute approximate surface area is 190 Å². The maximum atomic E-state index is 14.0. The summed E-state index contributed by atoms with van der Waals surface area (Å²) in [6.07, 6.45) is 4.20. The van der Waals surface area contributed by atoms with E-state index in [0.717, 1.165) is 63.2 Å². The summed E-state index contributed by atoms with van der Waals surface area (Å²) in [5, 5.41) is 0. The molecule has 0 aliphatic carbocycles. The van der Waals surface area contributed by atoms with Crippen molar-refractivity contribution in [1.82, 2.24) is 9.80 Å². The zero-order valence-corrected chi connectivity index (χ0v) is 18.8. The number of rotatable bonds is 8. The number of carbonyl (C=O) groups is 1. The number of carbonyl (C=O) groups excluding carboxylic acids is 1. The van der Waals surface area contributed by atoms with Crippen molar-refractivity contribution in [3.05, 3.63) is 65.5 Å². The fraction of sp³-hybridized carbons (Fsp3) is 0.500. The largest absolute Gasteiger partial charge is 0.497 e. The first-order valence-corrected chi connectivity index (χ1v) is 11.6. The van der Waals surface area contributed by atoms with Crippen LogP contribution in [0.15, 0.2) is 48.5 Å². The molecule has 1 amide bonds. The minimum atomic E-state index is -0.137. The van der Waals surface area contributed by atoms with E-state index in [1.807, 2.05) is 41.3 Å². The first-order valence-electron chi connectivity index (χ1n) is 11.6. The molecule has 0 spiro atoms. The zero-order valence-electron chi connectivity index (χ0n) is 18.8. The van der Waals surface area contributed by atoms with Crippen LogP contribution < -0.4 is 4.74 Å². The summed E-state index contributed by atoms with van der Waals surface area (Å²) >= 11 is 0. The third-order valence-corrected chi connectivity index (χ3v) is 6.61. The molecule has 32 heavy (non-hydrogen) atoms. The van der Waals surface area contributed by atoms with Gasteiger partial charge in [-0.2, -0.15) is 0 Å². The summed E-state index contributed by atoms with van der Waals surface area (Å²) in [5.41, 5.74) is 1.43. The van der Waals surface area contributed by atoms with Gasteiger partial charge in [0, 0.05) is 37.4 Å². The molecule has 2 aliphatic heterocycles. The van der Waals surface area contributed by atoms with E-state index >= 15 is 0 Å². The second-order valence-electron chi connectivity index (χ2n) is 8.88. The smallest absolute Gasteiger partial charge is 0.253 e. The van der Waals surface area contributed by atoms with Gasteiger partial charge in [-0.05, 0) is 75.0 Å². The molecule has 172 valence electrons. The van der Waals surface area contributed by atoms with Crippen molar-refractivity contribution in [2.24, 2.45) is 5.92 Å². The first kappa shape index (κ1) is 22.7. The molecular formula is C26H33FN2O3. The molecule has 2 aromatic carbocycles. The molecule has 2 heterocycles. The second kappa shape index (κ2) is 10.9. The third-order valence-electron chi connectivity index (χ3n) is 6.61.